The zero-order chi connectivity index (χ0) is 13.3. The summed E-state index contributed by atoms with van der Waals surface area (Å²) in [5, 5.41) is 18.6. The molecule has 0 bridgehead atoms. The van der Waals surface area contributed by atoms with E-state index < -0.39 is 24.0 Å². The molecule has 2 atom stereocenters. The fourth-order valence-electron chi connectivity index (χ4n) is 2.00. The first kappa shape index (κ1) is 12.2. The number of aliphatic hydroxyl groups is 1. The van der Waals surface area contributed by atoms with Crippen LogP contribution in [0.25, 0.3) is 0 Å². The fraction of sp³-hybridized carbons (Fsp3) is 0.400. The number of hydrogen-bond acceptors (Lipinski definition) is 6. The van der Waals surface area contributed by atoms with Crippen LogP contribution in [0.2, 0.25) is 0 Å². The van der Waals surface area contributed by atoms with E-state index in [0.717, 1.165) is 0 Å². The van der Waals surface area contributed by atoms with E-state index >= 15 is 0 Å². The van der Waals surface area contributed by atoms with Crippen LogP contribution >= 0.6 is 0 Å². The Morgan fingerprint density at radius 3 is 2.67 bits per heavy atom. The molecule has 0 aliphatic carbocycles. The summed E-state index contributed by atoms with van der Waals surface area (Å²) in [6.45, 7) is 0.0793. The number of amides is 1. The monoisotopic (exact) mass is 252 g/mol. The van der Waals surface area contributed by atoms with Crippen LogP contribution in [0.5, 0.6) is 0 Å². The van der Waals surface area contributed by atoms with Crippen LogP contribution in [0.3, 0.4) is 0 Å². The number of β-amino-alcohol motifs (C(OH)–C–C–N with tert-alkyl or cyclic N) is 1. The van der Waals surface area contributed by atoms with Crippen LogP contribution in [-0.2, 0) is 4.79 Å². The highest BCUT2D eigenvalue weighted by Crippen LogP contribution is 2.26. The highest BCUT2D eigenvalue weighted by molar-refractivity contribution is 5.96. The van der Waals surface area contributed by atoms with Gasteiger partial charge in [-0.1, -0.05) is 0 Å². The second kappa shape index (κ2) is 4.57. The third-order valence-electron chi connectivity index (χ3n) is 2.75. The maximum Gasteiger partial charge on any atom is 0.326 e. The van der Waals surface area contributed by atoms with Gasteiger partial charge in [-0.05, 0) is 0 Å². The van der Waals surface area contributed by atoms with Crippen LogP contribution in [0.1, 0.15) is 16.9 Å². The molecule has 18 heavy (non-hydrogen) atoms. The first-order valence-electron chi connectivity index (χ1n) is 5.29. The number of carbonyl (C=O) groups is 2. The molecule has 1 saturated heterocycles. The van der Waals surface area contributed by atoms with Crippen molar-refractivity contribution in [1.82, 2.24) is 9.97 Å². The quantitative estimate of drug-likeness (QED) is 0.603. The van der Waals surface area contributed by atoms with Gasteiger partial charge >= 0.3 is 5.97 Å². The van der Waals surface area contributed by atoms with Crippen molar-refractivity contribution in [1.29, 1.82) is 0 Å². The third kappa shape index (κ3) is 2.09. The van der Waals surface area contributed by atoms with Gasteiger partial charge in [0.25, 0.3) is 5.91 Å². The Labute approximate surface area is 102 Å². The minimum absolute atomic E-state index is 0.0735. The molecule has 2 unspecified atom stereocenters. The van der Waals surface area contributed by atoms with E-state index in [1.807, 2.05) is 0 Å². The largest absolute Gasteiger partial charge is 0.480 e. The van der Waals surface area contributed by atoms with Gasteiger partial charge in [-0.2, -0.15) is 0 Å². The molecule has 1 aromatic rings. The molecule has 2 rings (SSSR count). The van der Waals surface area contributed by atoms with Crippen molar-refractivity contribution in [2.24, 2.45) is 5.73 Å². The number of carbonyl (C=O) groups excluding carboxylic acids is 1. The zero-order valence-corrected chi connectivity index (χ0v) is 9.35. The number of rotatable bonds is 3. The molecule has 1 aromatic heterocycles. The molecule has 2 heterocycles. The summed E-state index contributed by atoms with van der Waals surface area (Å²) in [6.07, 6.45) is 1.93. The molecular weight excluding hydrogens is 240 g/mol. The Kier molecular flexibility index (Phi) is 3.11. The van der Waals surface area contributed by atoms with E-state index in [2.05, 4.69) is 9.97 Å². The van der Waals surface area contributed by atoms with Gasteiger partial charge in [0.1, 0.15) is 6.04 Å². The van der Waals surface area contributed by atoms with Gasteiger partial charge in [0.15, 0.2) is 11.5 Å². The topological polar surface area (TPSA) is 130 Å². The summed E-state index contributed by atoms with van der Waals surface area (Å²) >= 11 is 0. The van der Waals surface area contributed by atoms with Gasteiger partial charge in [-0.25, -0.2) is 14.8 Å². The summed E-state index contributed by atoms with van der Waals surface area (Å²) in [7, 11) is 0. The van der Waals surface area contributed by atoms with Crippen LogP contribution in [-0.4, -0.2) is 50.7 Å². The number of primary amides is 1. The molecule has 8 nitrogen and oxygen atoms in total. The Balaban J connectivity index is 2.41. The lowest BCUT2D eigenvalue weighted by atomic mass is 10.2. The molecule has 0 spiro atoms. The number of nitrogens with zero attached hydrogens (tertiary/aromatic N) is 3. The van der Waals surface area contributed by atoms with Crippen molar-refractivity contribution in [3.8, 4) is 0 Å². The first-order chi connectivity index (χ1) is 8.50. The van der Waals surface area contributed by atoms with Gasteiger partial charge in [0.2, 0.25) is 0 Å². The second-order valence-electron chi connectivity index (χ2n) is 3.99. The van der Waals surface area contributed by atoms with Crippen LogP contribution in [0, 0.1) is 0 Å². The standard InChI is InChI=1S/C10H12N4O4/c11-8(16)7-9(13-2-1-12-7)14-4-5(15)3-6(14)10(17)18/h1-2,5-6,15H,3-4H2,(H2,11,16)(H,17,18). The van der Waals surface area contributed by atoms with E-state index in [0.29, 0.717) is 0 Å². The minimum atomic E-state index is -1.09. The van der Waals surface area contributed by atoms with Crippen molar-refractivity contribution in [3.05, 3.63) is 18.1 Å². The van der Waals surface area contributed by atoms with Gasteiger partial charge in [0, 0.05) is 25.4 Å². The maximum atomic E-state index is 11.2. The number of hydrogen-bond donors (Lipinski definition) is 3. The lowest BCUT2D eigenvalue weighted by molar-refractivity contribution is -0.138. The molecule has 1 amide bonds. The highest BCUT2D eigenvalue weighted by Gasteiger charge is 2.38. The molecular formula is C10H12N4O4. The number of nitrogens with two attached hydrogens (primary N) is 1. The summed E-state index contributed by atoms with van der Waals surface area (Å²) in [5.41, 5.74) is 5.06. The number of aliphatic hydroxyl groups excluding tert-OH is 1. The van der Waals surface area contributed by atoms with Crippen molar-refractivity contribution in [3.63, 3.8) is 0 Å². The molecule has 0 radical (unpaired) electrons. The van der Waals surface area contributed by atoms with E-state index in [1.165, 1.54) is 17.3 Å². The normalized spacial score (nSPS) is 23.1. The predicted molar refractivity (Wildman–Crippen MR) is 59.9 cm³/mol. The SMILES string of the molecule is NC(=O)c1nccnc1N1CC(O)CC1C(=O)O. The first-order valence-corrected chi connectivity index (χ1v) is 5.29. The number of aliphatic carboxylic acids is 1. The summed E-state index contributed by atoms with van der Waals surface area (Å²) in [5.74, 6) is -1.79. The Morgan fingerprint density at radius 2 is 2.06 bits per heavy atom. The van der Waals surface area contributed by atoms with E-state index in [1.54, 1.807) is 0 Å². The summed E-state index contributed by atoms with van der Waals surface area (Å²) in [6, 6.07) is -0.935. The molecule has 0 saturated carbocycles. The molecule has 0 aromatic carbocycles. The molecule has 1 fully saturated rings. The number of carboxylic acid groups (broad SMARTS) is 1. The van der Waals surface area contributed by atoms with Crippen LogP contribution in [0.15, 0.2) is 12.4 Å². The fourth-order valence-corrected chi connectivity index (χ4v) is 2.00. The van der Waals surface area contributed by atoms with Gasteiger partial charge in [0.05, 0.1) is 6.10 Å². The Bertz CT molecular complexity index is 493. The van der Waals surface area contributed by atoms with E-state index in [-0.39, 0.29) is 24.5 Å². The minimum Gasteiger partial charge on any atom is -0.480 e. The molecule has 96 valence electrons. The highest BCUT2D eigenvalue weighted by atomic mass is 16.4. The number of carboxylic acids is 1. The lowest BCUT2D eigenvalue weighted by Gasteiger charge is -2.22. The van der Waals surface area contributed by atoms with Crippen LogP contribution < -0.4 is 10.6 Å². The van der Waals surface area contributed by atoms with Crippen molar-refractivity contribution in [2.75, 3.05) is 11.4 Å². The van der Waals surface area contributed by atoms with Gasteiger partial charge in [-0.15, -0.1) is 0 Å². The Hall–Kier alpha value is -2.22. The van der Waals surface area contributed by atoms with Crippen molar-refractivity contribution in [2.45, 2.75) is 18.6 Å². The third-order valence-corrected chi connectivity index (χ3v) is 2.75. The van der Waals surface area contributed by atoms with Crippen molar-refractivity contribution >= 4 is 17.7 Å². The molecule has 8 heteroatoms. The molecule has 1 aliphatic heterocycles. The van der Waals surface area contributed by atoms with Gasteiger partial charge in [-0.3, -0.25) is 4.79 Å². The van der Waals surface area contributed by atoms with Crippen LogP contribution in [0.4, 0.5) is 5.82 Å². The van der Waals surface area contributed by atoms with Gasteiger partial charge < -0.3 is 20.8 Å². The number of aromatic nitrogens is 2. The Morgan fingerprint density at radius 1 is 1.39 bits per heavy atom. The average Bonchev–Trinajstić information content (AvgIpc) is 2.71. The second-order valence-corrected chi connectivity index (χ2v) is 3.99. The number of anilines is 1. The van der Waals surface area contributed by atoms with Crippen molar-refractivity contribution < 1.29 is 19.8 Å². The molecule has 1 aliphatic rings. The van der Waals surface area contributed by atoms with E-state index in [9.17, 15) is 14.7 Å². The van der Waals surface area contributed by atoms with E-state index in [4.69, 9.17) is 10.8 Å². The smallest absolute Gasteiger partial charge is 0.326 e. The summed E-state index contributed by atoms with van der Waals surface area (Å²) in [4.78, 5) is 31.4. The predicted octanol–water partition coefficient (Wildman–Crippen LogP) is -1.40. The lowest BCUT2D eigenvalue weighted by Crippen LogP contribution is -2.38. The molecule has 4 N–H and O–H groups in total. The summed E-state index contributed by atoms with van der Waals surface area (Å²) < 4.78 is 0. The average molecular weight is 252 g/mol. The maximum absolute atomic E-state index is 11.2. The zero-order valence-electron chi connectivity index (χ0n) is 9.35.